The molecule has 1 fully saturated rings. The molecule has 1 rings (SSSR count). The van der Waals surface area contributed by atoms with Crippen LogP contribution in [0.2, 0.25) is 0 Å². The molecule has 1 aliphatic rings. The SMILES string of the molecule is C#CCN(CC1CC1)C(=O)CCS. The number of terminal acetylenes is 1. The lowest BCUT2D eigenvalue weighted by atomic mass is 10.3. The Kier molecular flexibility index (Phi) is 4.17. The molecule has 1 aliphatic carbocycles. The molecule has 0 atom stereocenters. The van der Waals surface area contributed by atoms with Crippen LogP contribution in [0.5, 0.6) is 0 Å². The van der Waals surface area contributed by atoms with Gasteiger partial charge >= 0.3 is 0 Å². The van der Waals surface area contributed by atoms with Crippen LogP contribution in [0.25, 0.3) is 0 Å². The number of rotatable bonds is 5. The Labute approximate surface area is 85.1 Å². The summed E-state index contributed by atoms with van der Waals surface area (Å²) >= 11 is 4.03. The Morgan fingerprint density at radius 1 is 1.62 bits per heavy atom. The van der Waals surface area contributed by atoms with Crippen LogP contribution >= 0.6 is 12.6 Å². The lowest BCUT2D eigenvalue weighted by molar-refractivity contribution is -0.130. The van der Waals surface area contributed by atoms with Gasteiger partial charge in [0.15, 0.2) is 0 Å². The Morgan fingerprint density at radius 3 is 2.77 bits per heavy atom. The highest BCUT2D eigenvalue weighted by Gasteiger charge is 2.25. The maximum Gasteiger partial charge on any atom is 0.224 e. The van der Waals surface area contributed by atoms with Crippen molar-refractivity contribution in [2.45, 2.75) is 19.3 Å². The van der Waals surface area contributed by atoms with Crippen molar-refractivity contribution in [2.24, 2.45) is 5.92 Å². The molecule has 0 radical (unpaired) electrons. The van der Waals surface area contributed by atoms with Crippen LogP contribution in [0.4, 0.5) is 0 Å². The summed E-state index contributed by atoms with van der Waals surface area (Å²) in [4.78, 5) is 13.2. The lowest BCUT2D eigenvalue weighted by Crippen LogP contribution is -2.33. The van der Waals surface area contributed by atoms with E-state index in [2.05, 4.69) is 18.5 Å². The van der Waals surface area contributed by atoms with Crippen molar-refractivity contribution in [1.82, 2.24) is 4.90 Å². The van der Waals surface area contributed by atoms with Crippen molar-refractivity contribution in [3.63, 3.8) is 0 Å². The quantitative estimate of drug-likeness (QED) is 0.518. The molecular formula is C10H15NOS. The summed E-state index contributed by atoms with van der Waals surface area (Å²) < 4.78 is 0. The molecule has 3 heteroatoms. The van der Waals surface area contributed by atoms with Gasteiger partial charge in [-0.05, 0) is 24.5 Å². The first-order chi connectivity index (χ1) is 6.27. The van der Waals surface area contributed by atoms with E-state index in [0.717, 1.165) is 6.54 Å². The molecule has 0 aromatic rings. The molecule has 2 nitrogen and oxygen atoms in total. The molecule has 1 amide bonds. The zero-order valence-electron chi connectivity index (χ0n) is 7.70. The van der Waals surface area contributed by atoms with Gasteiger partial charge in [-0.1, -0.05) is 5.92 Å². The van der Waals surface area contributed by atoms with Gasteiger partial charge in [-0.25, -0.2) is 0 Å². The summed E-state index contributed by atoms with van der Waals surface area (Å²) in [5.74, 6) is 3.97. The van der Waals surface area contributed by atoms with Gasteiger partial charge in [0.05, 0.1) is 6.54 Å². The molecule has 0 aromatic carbocycles. The molecule has 13 heavy (non-hydrogen) atoms. The Balaban J connectivity index is 2.35. The maximum atomic E-state index is 11.5. The Hall–Kier alpha value is -0.620. The van der Waals surface area contributed by atoms with Gasteiger partial charge < -0.3 is 4.90 Å². The van der Waals surface area contributed by atoms with E-state index < -0.39 is 0 Å². The Morgan fingerprint density at radius 2 is 2.31 bits per heavy atom. The molecule has 0 bridgehead atoms. The molecule has 0 aliphatic heterocycles. The zero-order chi connectivity index (χ0) is 9.68. The fourth-order valence-electron chi connectivity index (χ4n) is 1.23. The highest BCUT2D eigenvalue weighted by Crippen LogP contribution is 2.29. The summed E-state index contributed by atoms with van der Waals surface area (Å²) in [6.45, 7) is 1.29. The number of thiol groups is 1. The van der Waals surface area contributed by atoms with Crippen LogP contribution in [0, 0.1) is 18.3 Å². The maximum absolute atomic E-state index is 11.5. The summed E-state index contributed by atoms with van der Waals surface area (Å²) in [5, 5.41) is 0. The predicted octanol–water partition coefficient (Wildman–Crippen LogP) is 1.18. The van der Waals surface area contributed by atoms with Crippen molar-refractivity contribution in [3.8, 4) is 12.3 Å². The number of amides is 1. The van der Waals surface area contributed by atoms with Gasteiger partial charge in [-0.2, -0.15) is 12.6 Å². The molecule has 0 N–H and O–H groups in total. The second-order valence-corrected chi connectivity index (χ2v) is 3.84. The van der Waals surface area contributed by atoms with Crippen LogP contribution in [0.15, 0.2) is 0 Å². The van der Waals surface area contributed by atoms with Crippen molar-refractivity contribution in [3.05, 3.63) is 0 Å². The van der Waals surface area contributed by atoms with Crippen LogP contribution < -0.4 is 0 Å². The summed E-state index contributed by atoms with van der Waals surface area (Å²) in [7, 11) is 0. The second kappa shape index (κ2) is 5.18. The fraction of sp³-hybridized carbons (Fsp3) is 0.700. The first-order valence-electron chi connectivity index (χ1n) is 4.60. The monoisotopic (exact) mass is 197 g/mol. The average Bonchev–Trinajstić information content (AvgIpc) is 2.88. The zero-order valence-corrected chi connectivity index (χ0v) is 8.59. The standard InChI is InChI=1S/C10H15NOS/c1-2-6-11(8-9-3-4-9)10(12)5-7-13/h1,9,13H,3-8H2. The first kappa shape index (κ1) is 10.5. The number of carbonyl (C=O) groups excluding carboxylic acids is 1. The molecule has 0 heterocycles. The minimum Gasteiger partial charge on any atom is -0.331 e. The largest absolute Gasteiger partial charge is 0.331 e. The van der Waals surface area contributed by atoms with Gasteiger partial charge in [-0.15, -0.1) is 6.42 Å². The average molecular weight is 197 g/mol. The van der Waals surface area contributed by atoms with Gasteiger partial charge in [-0.3, -0.25) is 4.79 Å². The normalized spacial score (nSPS) is 15.1. The predicted molar refractivity (Wildman–Crippen MR) is 56.6 cm³/mol. The molecular weight excluding hydrogens is 182 g/mol. The molecule has 0 unspecified atom stereocenters. The van der Waals surface area contributed by atoms with Crippen molar-refractivity contribution in [1.29, 1.82) is 0 Å². The van der Waals surface area contributed by atoms with E-state index in [4.69, 9.17) is 6.42 Å². The van der Waals surface area contributed by atoms with Crippen LogP contribution in [0.3, 0.4) is 0 Å². The first-order valence-corrected chi connectivity index (χ1v) is 5.23. The third-order valence-corrected chi connectivity index (χ3v) is 2.36. The molecule has 0 spiro atoms. The van der Waals surface area contributed by atoms with E-state index >= 15 is 0 Å². The molecule has 0 saturated heterocycles. The fourth-order valence-corrected chi connectivity index (χ4v) is 1.42. The van der Waals surface area contributed by atoms with E-state index in [1.165, 1.54) is 12.8 Å². The second-order valence-electron chi connectivity index (χ2n) is 3.40. The van der Waals surface area contributed by atoms with Crippen LogP contribution in [-0.2, 0) is 4.79 Å². The third-order valence-electron chi connectivity index (χ3n) is 2.14. The van der Waals surface area contributed by atoms with Gasteiger partial charge in [0, 0.05) is 13.0 Å². The smallest absolute Gasteiger partial charge is 0.224 e. The minimum atomic E-state index is 0.139. The van der Waals surface area contributed by atoms with Crippen LogP contribution in [-0.4, -0.2) is 29.6 Å². The summed E-state index contributed by atoms with van der Waals surface area (Å²) in [6.07, 6.45) is 8.18. The lowest BCUT2D eigenvalue weighted by Gasteiger charge is -2.19. The number of hydrogen-bond donors (Lipinski definition) is 1. The molecule has 1 saturated carbocycles. The van der Waals surface area contributed by atoms with E-state index in [1.54, 1.807) is 4.90 Å². The summed E-state index contributed by atoms with van der Waals surface area (Å²) in [5.41, 5.74) is 0. The van der Waals surface area contributed by atoms with E-state index in [-0.39, 0.29) is 5.91 Å². The number of hydrogen-bond acceptors (Lipinski definition) is 2. The number of nitrogens with zero attached hydrogens (tertiary/aromatic N) is 1. The van der Waals surface area contributed by atoms with Gasteiger partial charge in [0.1, 0.15) is 0 Å². The topological polar surface area (TPSA) is 20.3 Å². The van der Waals surface area contributed by atoms with Crippen molar-refractivity contribution in [2.75, 3.05) is 18.8 Å². The highest BCUT2D eigenvalue weighted by atomic mass is 32.1. The van der Waals surface area contributed by atoms with Gasteiger partial charge in [0.25, 0.3) is 0 Å². The van der Waals surface area contributed by atoms with Crippen molar-refractivity contribution >= 4 is 18.5 Å². The van der Waals surface area contributed by atoms with E-state index in [9.17, 15) is 4.79 Å². The van der Waals surface area contributed by atoms with Gasteiger partial charge in [0.2, 0.25) is 5.91 Å². The minimum absolute atomic E-state index is 0.139. The van der Waals surface area contributed by atoms with Crippen molar-refractivity contribution < 1.29 is 4.79 Å². The molecule has 72 valence electrons. The highest BCUT2D eigenvalue weighted by molar-refractivity contribution is 7.80. The summed E-state index contributed by atoms with van der Waals surface area (Å²) in [6, 6.07) is 0. The van der Waals surface area contributed by atoms with E-state index in [0.29, 0.717) is 24.6 Å². The third kappa shape index (κ3) is 3.73. The molecule has 0 aromatic heterocycles. The Bertz CT molecular complexity index is 217. The van der Waals surface area contributed by atoms with Crippen LogP contribution in [0.1, 0.15) is 19.3 Å². The number of carbonyl (C=O) groups is 1. The van der Waals surface area contributed by atoms with E-state index in [1.807, 2.05) is 0 Å².